The zero-order valence-corrected chi connectivity index (χ0v) is 11.5. The second kappa shape index (κ2) is 4.24. The highest BCUT2D eigenvalue weighted by molar-refractivity contribution is 5.01. The Morgan fingerprint density at radius 2 is 1.71 bits per heavy atom. The second-order valence-electron chi connectivity index (χ2n) is 7.47. The van der Waals surface area contributed by atoms with Crippen LogP contribution in [0, 0.1) is 17.3 Å². The number of nitrogens with two attached hydrogens (primary N) is 1. The number of hydrogen-bond acceptors (Lipinski definition) is 2. The van der Waals surface area contributed by atoms with Crippen molar-refractivity contribution in [1.82, 2.24) is 4.90 Å². The van der Waals surface area contributed by atoms with Crippen molar-refractivity contribution in [2.75, 3.05) is 13.1 Å². The van der Waals surface area contributed by atoms with Crippen LogP contribution < -0.4 is 5.73 Å². The number of piperidine rings is 1. The number of fused-ring (bicyclic) bond motifs is 2. The third-order valence-corrected chi connectivity index (χ3v) is 5.75. The molecule has 2 saturated carbocycles. The molecule has 17 heavy (non-hydrogen) atoms. The normalized spacial score (nSPS) is 46.1. The van der Waals surface area contributed by atoms with E-state index in [1.807, 2.05) is 0 Å². The van der Waals surface area contributed by atoms with Crippen LogP contribution in [0.15, 0.2) is 0 Å². The molecule has 0 aromatic heterocycles. The Kier molecular flexibility index (Phi) is 2.99. The van der Waals surface area contributed by atoms with Crippen molar-refractivity contribution in [3.63, 3.8) is 0 Å². The van der Waals surface area contributed by atoms with Crippen LogP contribution >= 0.6 is 0 Å². The Morgan fingerprint density at radius 3 is 2.24 bits per heavy atom. The molecule has 0 aromatic rings. The standard InChI is InChI=1S/C15H28N2/c1-15(2)7-6-13(14(15)16)17-9-11-4-3-5-12(8-11)10-17/h11-14H,3-10,16H2,1-2H3. The minimum absolute atomic E-state index is 0.358. The maximum Gasteiger partial charge on any atom is 0.0252 e. The summed E-state index contributed by atoms with van der Waals surface area (Å²) in [5.41, 5.74) is 6.85. The lowest BCUT2D eigenvalue weighted by molar-refractivity contribution is 0.0447. The Labute approximate surface area is 106 Å². The van der Waals surface area contributed by atoms with Gasteiger partial charge in [0.15, 0.2) is 0 Å². The average molecular weight is 236 g/mol. The van der Waals surface area contributed by atoms with Crippen LogP contribution in [0.25, 0.3) is 0 Å². The van der Waals surface area contributed by atoms with Gasteiger partial charge in [-0.05, 0) is 49.4 Å². The van der Waals surface area contributed by atoms with Crippen LogP contribution in [-0.2, 0) is 0 Å². The van der Waals surface area contributed by atoms with Crippen molar-refractivity contribution >= 4 is 0 Å². The molecule has 0 aromatic carbocycles. The van der Waals surface area contributed by atoms with E-state index >= 15 is 0 Å². The monoisotopic (exact) mass is 236 g/mol. The van der Waals surface area contributed by atoms with Crippen LogP contribution in [0.3, 0.4) is 0 Å². The van der Waals surface area contributed by atoms with Gasteiger partial charge in [-0.1, -0.05) is 20.3 Å². The molecular weight excluding hydrogens is 208 g/mol. The van der Waals surface area contributed by atoms with E-state index < -0.39 is 0 Å². The van der Waals surface area contributed by atoms with E-state index in [-0.39, 0.29) is 0 Å². The van der Waals surface area contributed by atoms with Gasteiger partial charge in [-0.25, -0.2) is 0 Å². The zero-order chi connectivity index (χ0) is 12.0. The summed E-state index contributed by atoms with van der Waals surface area (Å²) >= 11 is 0. The molecule has 2 N–H and O–H groups in total. The van der Waals surface area contributed by atoms with E-state index in [1.54, 1.807) is 0 Å². The summed E-state index contributed by atoms with van der Waals surface area (Å²) in [7, 11) is 0. The molecule has 4 atom stereocenters. The van der Waals surface area contributed by atoms with Gasteiger partial charge in [0.2, 0.25) is 0 Å². The SMILES string of the molecule is CC1(C)CCC(N2CC3CCCC(C3)C2)C1N. The molecule has 3 aliphatic rings. The molecule has 2 heteroatoms. The minimum Gasteiger partial charge on any atom is -0.326 e. The van der Waals surface area contributed by atoms with Gasteiger partial charge in [-0.2, -0.15) is 0 Å². The second-order valence-corrected chi connectivity index (χ2v) is 7.47. The molecule has 98 valence electrons. The number of nitrogens with zero attached hydrogens (tertiary/aromatic N) is 1. The molecule has 0 radical (unpaired) electrons. The Hall–Kier alpha value is -0.0800. The molecule has 3 rings (SSSR count). The van der Waals surface area contributed by atoms with Gasteiger partial charge < -0.3 is 5.73 Å². The quantitative estimate of drug-likeness (QED) is 0.758. The van der Waals surface area contributed by atoms with Crippen molar-refractivity contribution in [3.05, 3.63) is 0 Å². The van der Waals surface area contributed by atoms with E-state index in [2.05, 4.69) is 18.7 Å². The molecule has 1 heterocycles. The van der Waals surface area contributed by atoms with Gasteiger partial charge in [0.05, 0.1) is 0 Å². The van der Waals surface area contributed by atoms with E-state index in [9.17, 15) is 0 Å². The molecule has 2 nitrogen and oxygen atoms in total. The number of hydrogen-bond donors (Lipinski definition) is 1. The zero-order valence-electron chi connectivity index (χ0n) is 11.5. The molecule has 1 saturated heterocycles. The minimum atomic E-state index is 0.358. The topological polar surface area (TPSA) is 29.3 Å². The molecule has 2 bridgehead atoms. The molecule has 3 fully saturated rings. The summed E-state index contributed by atoms with van der Waals surface area (Å²) in [6, 6.07) is 1.06. The van der Waals surface area contributed by atoms with Crippen molar-refractivity contribution < 1.29 is 0 Å². The van der Waals surface area contributed by atoms with Crippen LogP contribution in [0.4, 0.5) is 0 Å². The third-order valence-electron chi connectivity index (χ3n) is 5.75. The highest BCUT2D eigenvalue weighted by Gasteiger charge is 2.44. The lowest BCUT2D eigenvalue weighted by Crippen LogP contribution is -2.54. The highest BCUT2D eigenvalue weighted by Crippen LogP contribution is 2.42. The molecule has 1 aliphatic heterocycles. The summed E-state index contributed by atoms with van der Waals surface area (Å²) in [4.78, 5) is 2.76. The van der Waals surface area contributed by atoms with Crippen LogP contribution in [0.1, 0.15) is 52.4 Å². The summed E-state index contributed by atoms with van der Waals surface area (Å²) in [6.07, 6.45) is 8.56. The largest absolute Gasteiger partial charge is 0.326 e. The smallest absolute Gasteiger partial charge is 0.0252 e. The first-order valence-corrected chi connectivity index (χ1v) is 7.56. The number of likely N-dealkylation sites (tertiary alicyclic amines) is 1. The predicted octanol–water partition coefficient (Wildman–Crippen LogP) is 2.62. The van der Waals surface area contributed by atoms with E-state index in [4.69, 9.17) is 5.73 Å². The van der Waals surface area contributed by atoms with Gasteiger partial charge in [0.25, 0.3) is 0 Å². The van der Waals surface area contributed by atoms with Gasteiger partial charge in [-0.15, -0.1) is 0 Å². The first kappa shape index (κ1) is 12.0. The average Bonchev–Trinajstić information content (AvgIpc) is 2.54. The van der Waals surface area contributed by atoms with Gasteiger partial charge in [0, 0.05) is 25.2 Å². The van der Waals surface area contributed by atoms with Gasteiger partial charge >= 0.3 is 0 Å². The molecule has 4 unspecified atom stereocenters. The molecule has 0 spiro atoms. The maximum absolute atomic E-state index is 6.50. The van der Waals surface area contributed by atoms with Crippen molar-refractivity contribution in [3.8, 4) is 0 Å². The number of rotatable bonds is 1. The molecule has 2 aliphatic carbocycles. The predicted molar refractivity (Wildman–Crippen MR) is 71.8 cm³/mol. The van der Waals surface area contributed by atoms with Gasteiger partial charge in [0.1, 0.15) is 0 Å². The van der Waals surface area contributed by atoms with Crippen molar-refractivity contribution in [2.45, 2.75) is 64.5 Å². The van der Waals surface area contributed by atoms with Crippen LogP contribution in [-0.4, -0.2) is 30.1 Å². The Bertz CT molecular complexity index is 275. The Balaban J connectivity index is 1.69. The van der Waals surface area contributed by atoms with E-state index in [0.29, 0.717) is 17.5 Å². The third kappa shape index (κ3) is 2.15. The highest BCUT2D eigenvalue weighted by atomic mass is 15.2. The van der Waals surface area contributed by atoms with Crippen LogP contribution in [0.2, 0.25) is 0 Å². The molecular formula is C15H28N2. The van der Waals surface area contributed by atoms with E-state index in [1.165, 1.54) is 51.6 Å². The van der Waals surface area contributed by atoms with Crippen LogP contribution in [0.5, 0.6) is 0 Å². The van der Waals surface area contributed by atoms with E-state index in [0.717, 1.165) is 11.8 Å². The fraction of sp³-hybridized carbons (Fsp3) is 1.00. The summed E-state index contributed by atoms with van der Waals surface area (Å²) < 4.78 is 0. The maximum atomic E-state index is 6.50. The Morgan fingerprint density at radius 1 is 1.06 bits per heavy atom. The summed E-state index contributed by atoms with van der Waals surface area (Å²) in [5.74, 6) is 1.97. The fourth-order valence-electron chi connectivity index (χ4n) is 4.54. The fourth-order valence-corrected chi connectivity index (χ4v) is 4.54. The summed E-state index contributed by atoms with van der Waals surface area (Å²) in [6.45, 7) is 7.38. The van der Waals surface area contributed by atoms with Crippen molar-refractivity contribution in [2.24, 2.45) is 23.0 Å². The first-order chi connectivity index (χ1) is 8.06. The lowest BCUT2D eigenvalue weighted by Gasteiger charge is -2.45. The van der Waals surface area contributed by atoms with Crippen molar-refractivity contribution in [1.29, 1.82) is 0 Å². The lowest BCUT2D eigenvalue weighted by atomic mass is 9.77. The molecule has 0 amide bonds. The first-order valence-electron chi connectivity index (χ1n) is 7.56. The van der Waals surface area contributed by atoms with Gasteiger partial charge in [-0.3, -0.25) is 4.90 Å². The summed E-state index contributed by atoms with van der Waals surface area (Å²) in [5, 5.41) is 0.